The van der Waals surface area contributed by atoms with Crippen LogP contribution in [0.5, 0.6) is 0 Å². The van der Waals surface area contributed by atoms with E-state index in [4.69, 9.17) is 11.6 Å². The lowest BCUT2D eigenvalue weighted by Gasteiger charge is -2.06. The molecule has 17 heavy (non-hydrogen) atoms. The number of rotatable bonds is 2. The maximum absolute atomic E-state index is 11.6. The second-order valence-electron chi connectivity index (χ2n) is 3.28. The van der Waals surface area contributed by atoms with Crippen molar-refractivity contribution in [3.05, 3.63) is 35.6 Å². The largest absolute Gasteiger partial charge is 0.326 e. The molecule has 2 heterocycles. The highest BCUT2D eigenvalue weighted by Gasteiger charge is 2.05. The van der Waals surface area contributed by atoms with Gasteiger partial charge in [-0.2, -0.15) is 5.10 Å². The molecule has 0 saturated heterocycles. The molecule has 2 rings (SSSR count). The van der Waals surface area contributed by atoms with Crippen LogP contribution in [0.1, 0.15) is 0 Å². The van der Waals surface area contributed by atoms with E-state index in [0.29, 0.717) is 16.7 Å². The lowest BCUT2D eigenvalue weighted by atomic mass is 10.4. The standard InChI is InChI=1S/C10H10ClN5O/c1-16-9(4-5-13-16)15-10(17)14-8-3-2-7(11)6-12-8/h2-6H,1H3,(H2,12,14,15,17). The van der Waals surface area contributed by atoms with Crippen LogP contribution in [-0.4, -0.2) is 20.8 Å². The van der Waals surface area contributed by atoms with Gasteiger partial charge in [0.25, 0.3) is 0 Å². The summed E-state index contributed by atoms with van der Waals surface area (Å²) in [5.41, 5.74) is 0. The van der Waals surface area contributed by atoms with Crippen LogP contribution in [0.25, 0.3) is 0 Å². The molecule has 0 unspecified atom stereocenters. The first-order valence-corrected chi connectivity index (χ1v) is 5.20. The number of nitrogens with zero attached hydrogens (tertiary/aromatic N) is 3. The molecule has 88 valence electrons. The molecule has 0 aliphatic carbocycles. The molecule has 0 atom stereocenters. The highest BCUT2D eigenvalue weighted by Crippen LogP contribution is 2.10. The van der Waals surface area contributed by atoms with Crippen molar-refractivity contribution in [3.8, 4) is 0 Å². The van der Waals surface area contributed by atoms with Crippen molar-refractivity contribution < 1.29 is 4.79 Å². The first-order chi connectivity index (χ1) is 8.15. The van der Waals surface area contributed by atoms with E-state index in [9.17, 15) is 4.79 Å². The zero-order chi connectivity index (χ0) is 12.3. The van der Waals surface area contributed by atoms with Gasteiger partial charge in [0.05, 0.1) is 11.2 Å². The predicted molar refractivity (Wildman–Crippen MR) is 65.1 cm³/mol. The number of anilines is 2. The number of pyridine rings is 1. The Hall–Kier alpha value is -2.08. The first kappa shape index (κ1) is 11.4. The minimum atomic E-state index is -0.386. The second kappa shape index (κ2) is 4.84. The maximum Gasteiger partial charge on any atom is 0.326 e. The van der Waals surface area contributed by atoms with Crippen molar-refractivity contribution in [2.75, 3.05) is 10.6 Å². The Morgan fingerprint density at radius 3 is 2.76 bits per heavy atom. The lowest BCUT2D eigenvalue weighted by Crippen LogP contribution is -2.21. The third kappa shape index (κ3) is 2.94. The predicted octanol–water partition coefficient (Wildman–Crippen LogP) is 2.11. The van der Waals surface area contributed by atoms with Crippen LogP contribution >= 0.6 is 11.6 Å². The summed E-state index contributed by atoms with van der Waals surface area (Å²) in [6, 6.07) is 4.57. The first-order valence-electron chi connectivity index (χ1n) is 4.83. The van der Waals surface area contributed by atoms with Gasteiger partial charge in [-0.15, -0.1) is 0 Å². The Labute approximate surface area is 103 Å². The SMILES string of the molecule is Cn1nccc1NC(=O)Nc1ccc(Cl)cn1. The van der Waals surface area contributed by atoms with Gasteiger partial charge in [-0.3, -0.25) is 15.3 Å². The number of hydrogen-bond donors (Lipinski definition) is 2. The molecule has 0 radical (unpaired) electrons. The summed E-state index contributed by atoms with van der Waals surface area (Å²) in [4.78, 5) is 15.5. The number of hydrogen-bond acceptors (Lipinski definition) is 3. The van der Waals surface area contributed by atoms with Crippen LogP contribution in [0.2, 0.25) is 5.02 Å². The fraction of sp³-hybridized carbons (Fsp3) is 0.100. The van der Waals surface area contributed by atoms with E-state index in [-0.39, 0.29) is 6.03 Å². The number of halogens is 1. The van der Waals surface area contributed by atoms with E-state index < -0.39 is 0 Å². The van der Waals surface area contributed by atoms with Crippen molar-refractivity contribution in [2.24, 2.45) is 7.05 Å². The van der Waals surface area contributed by atoms with E-state index in [1.807, 2.05) is 0 Å². The van der Waals surface area contributed by atoms with E-state index in [2.05, 4.69) is 20.7 Å². The zero-order valence-electron chi connectivity index (χ0n) is 9.01. The Balaban J connectivity index is 1.98. The molecular weight excluding hydrogens is 242 g/mol. The van der Waals surface area contributed by atoms with E-state index >= 15 is 0 Å². The molecule has 0 aromatic carbocycles. The monoisotopic (exact) mass is 251 g/mol. The molecule has 0 fully saturated rings. The van der Waals surface area contributed by atoms with Gasteiger partial charge in [-0.25, -0.2) is 9.78 Å². The van der Waals surface area contributed by atoms with Gasteiger partial charge in [0.2, 0.25) is 0 Å². The van der Waals surface area contributed by atoms with Gasteiger partial charge in [-0.1, -0.05) is 11.6 Å². The summed E-state index contributed by atoms with van der Waals surface area (Å²) >= 11 is 5.68. The van der Waals surface area contributed by atoms with Crippen molar-refractivity contribution in [1.82, 2.24) is 14.8 Å². The second-order valence-corrected chi connectivity index (χ2v) is 3.72. The molecule has 2 aromatic rings. The minimum Gasteiger partial charge on any atom is -0.292 e. The molecule has 0 bridgehead atoms. The van der Waals surface area contributed by atoms with Crippen LogP contribution in [0.3, 0.4) is 0 Å². The van der Waals surface area contributed by atoms with Crippen LogP contribution < -0.4 is 10.6 Å². The Bertz CT molecular complexity index is 522. The molecule has 7 heteroatoms. The summed E-state index contributed by atoms with van der Waals surface area (Å²) in [7, 11) is 1.73. The quantitative estimate of drug-likeness (QED) is 0.859. The number of aromatic nitrogens is 3. The van der Waals surface area contributed by atoms with Crippen LogP contribution in [0, 0.1) is 0 Å². The fourth-order valence-corrected chi connectivity index (χ4v) is 1.32. The molecule has 2 aromatic heterocycles. The molecule has 0 saturated carbocycles. The summed E-state index contributed by atoms with van der Waals surface area (Å²) in [6.07, 6.45) is 3.05. The molecule has 2 N–H and O–H groups in total. The average Bonchev–Trinajstić information content (AvgIpc) is 2.68. The van der Waals surface area contributed by atoms with E-state index in [1.54, 1.807) is 36.1 Å². The molecule has 0 aliphatic rings. The van der Waals surface area contributed by atoms with E-state index in [0.717, 1.165) is 0 Å². The third-order valence-corrected chi connectivity index (χ3v) is 2.26. The smallest absolute Gasteiger partial charge is 0.292 e. The third-order valence-electron chi connectivity index (χ3n) is 2.03. The van der Waals surface area contributed by atoms with Crippen molar-refractivity contribution >= 4 is 29.3 Å². The van der Waals surface area contributed by atoms with E-state index in [1.165, 1.54) is 6.20 Å². The van der Waals surface area contributed by atoms with Crippen molar-refractivity contribution in [2.45, 2.75) is 0 Å². The van der Waals surface area contributed by atoms with Gasteiger partial charge in [0.15, 0.2) is 0 Å². The van der Waals surface area contributed by atoms with Crippen LogP contribution in [0.4, 0.5) is 16.4 Å². The zero-order valence-corrected chi connectivity index (χ0v) is 9.77. The van der Waals surface area contributed by atoms with Gasteiger partial charge in [-0.05, 0) is 12.1 Å². The molecular formula is C10H10ClN5O. The summed E-state index contributed by atoms with van der Waals surface area (Å²) in [5, 5.41) is 9.65. The Morgan fingerprint density at radius 2 is 2.18 bits per heavy atom. The Kier molecular flexibility index (Phi) is 3.24. The van der Waals surface area contributed by atoms with Crippen molar-refractivity contribution in [3.63, 3.8) is 0 Å². The normalized spacial score (nSPS) is 10.0. The number of carbonyl (C=O) groups excluding carboxylic acids is 1. The number of aryl methyl sites for hydroxylation is 1. The number of amides is 2. The summed E-state index contributed by atoms with van der Waals surface area (Å²) in [5.74, 6) is 1.02. The molecule has 0 aliphatic heterocycles. The number of carbonyl (C=O) groups is 1. The van der Waals surface area contributed by atoms with Gasteiger partial charge < -0.3 is 0 Å². The van der Waals surface area contributed by atoms with Gasteiger partial charge >= 0.3 is 6.03 Å². The summed E-state index contributed by atoms with van der Waals surface area (Å²) < 4.78 is 1.55. The van der Waals surface area contributed by atoms with Crippen LogP contribution in [0.15, 0.2) is 30.6 Å². The summed E-state index contributed by atoms with van der Waals surface area (Å²) in [6.45, 7) is 0. The molecule has 6 nitrogen and oxygen atoms in total. The lowest BCUT2D eigenvalue weighted by molar-refractivity contribution is 0.262. The fourth-order valence-electron chi connectivity index (χ4n) is 1.21. The number of nitrogens with one attached hydrogen (secondary N) is 2. The van der Waals surface area contributed by atoms with Crippen LogP contribution in [-0.2, 0) is 7.05 Å². The topological polar surface area (TPSA) is 71.8 Å². The average molecular weight is 252 g/mol. The van der Waals surface area contributed by atoms with Crippen molar-refractivity contribution in [1.29, 1.82) is 0 Å². The highest BCUT2D eigenvalue weighted by molar-refractivity contribution is 6.30. The minimum absolute atomic E-state index is 0.386. The maximum atomic E-state index is 11.6. The van der Waals surface area contributed by atoms with Gasteiger partial charge in [0.1, 0.15) is 11.6 Å². The number of urea groups is 1. The molecule has 0 spiro atoms. The Morgan fingerprint density at radius 1 is 1.35 bits per heavy atom. The van der Waals surface area contributed by atoms with Gasteiger partial charge in [0, 0.05) is 19.3 Å². The molecule has 2 amide bonds. The highest BCUT2D eigenvalue weighted by atomic mass is 35.5.